The quantitative estimate of drug-likeness (QED) is 0.525. The van der Waals surface area contributed by atoms with Crippen LogP contribution >= 0.6 is 0 Å². The summed E-state index contributed by atoms with van der Waals surface area (Å²) >= 11 is 0. The molecular weight excluding hydrogens is 452 g/mol. The van der Waals surface area contributed by atoms with E-state index in [2.05, 4.69) is 36.6 Å². The van der Waals surface area contributed by atoms with Gasteiger partial charge in [0.15, 0.2) is 0 Å². The average molecular weight is 489 g/mol. The van der Waals surface area contributed by atoms with E-state index < -0.39 is 0 Å². The summed E-state index contributed by atoms with van der Waals surface area (Å²) in [6, 6.07) is 4.58. The van der Waals surface area contributed by atoms with Gasteiger partial charge in [0.25, 0.3) is 5.56 Å². The lowest BCUT2D eigenvalue weighted by Gasteiger charge is -2.49. The number of fused-ring (bicyclic) bond motifs is 2. The van der Waals surface area contributed by atoms with E-state index in [1.165, 1.54) is 24.2 Å². The molecule has 0 saturated carbocycles. The second-order valence-electron chi connectivity index (χ2n) is 10.2. The second kappa shape index (κ2) is 10.0. The molecule has 36 heavy (non-hydrogen) atoms. The molecule has 0 spiro atoms. The van der Waals surface area contributed by atoms with Gasteiger partial charge < -0.3 is 9.47 Å². The first kappa shape index (κ1) is 24.4. The van der Waals surface area contributed by atoms with E-state index in [1.54, 1.807) is 28.6 Å². The van der Waals surface area contributed by atoms with Crippen molar-refractivity contribution in [3.05, 3.63) is 45.9 Å². The normalized spacial score (nSPS) is 21.4. The van der Waals surface area contributed by atoms with E-state index in [9.17, 15) is 4.79 Å². The first-order valence-electron chi connectivity index (χ1n) is 13.3. The molecule has 9 heteroatoms. The molecule has 1 saturated heterocycles. The molecule has 0 amide bonds. The number of aromatic nitrogens is 5. The summed E-state index contributed by atoms with van der Waals surface area (Å²) in [6.45, 7) is 8.54. The highest BCUT2D eigenvalue weighted by Gasteiger charge is 2.37. The van der Waals surface area contributed by atoms with Crippen LogP contribution in [0.1, 0.15) is 69.6 Å². The fourth-order valence-corrected chi connectivity index (χ4v) is 5.90. The standard InChI is InChI=1S/C27H36N8O/c1-5-19-16-35(24-13-26(36)32(4)25-17-33(12-11-28)31-27(24)25)20(6-2)15-34(19)18(3)23-14-29-21-9-7-8-10-22(21)30-23/h13-14,17-20H,5-10,12,15-16H2,1-4H3/t18-,19+,20-/m0/s1. The molecule has 1 aliphatic carbocycles. The first-order valence-corrected chi connectivity index (χ1v) is 13.3. The van der Waals surface area contributed by atoms with Crippen LogP contribution in [0, 0.1) is 11.3 Å². The molecule has 3 aromatic rings. The third-order valence-corrected chi connectivity index (χ3v) is 8.11. The van der Waals surface area contributed by atoms with Crippen molar-refractivity contribution in [3.63, 3.8) is 0 Å². The number of pyridine rings is 1. The third-order valence-electron chi connectivity index (χ3n) is 8.11. The van der Waals surface area contributed by atoms with Crippen LogP contribution in [0.15, 0.2) is 23.3 Å². The number of anilines is 1. The van der Waals surface area contributed by atoms with Gasteiger partial charge >= 0.3 is 0 Å². The van der Waals surface area contributed by atoms with Gasteiger partial charge in [0.2, 0.25) is 0 Å². The van der Waals surface area contributed by atoms with Gasteiger partial charge in [-0.2, -0.15) is 10.4 Å². The van der Waals surface area contributed by atoms with Crippen LogP contribution in [-0.2, 0) is 26.4 Å². The number of hydrogen-bond acceptors (Lipinski definition) is 7. The summed E-state index contributed by atoms with van der Waals surface area (Å²) < 4.78 is 3.24. The van der Waals surface area contributed by atoms with E-state index >= 15 is 0 Å². The number of aryl methyl sites for hydroxylation is 3. The minimum atomic E-state index is -0.0583. The number of piperazine rings is 1. The van der Waals surface area contributed by atoms with Crippen molar-refractivity contribution in [2.24, 2.45) is 7.05 Å². The fraction of sp³-hybridized carbons (Fsp3) is 0.593. The van der Waals surface area contributed by atoms with Crippen molar-refractivity contribution < 1.29 is 0 Å². The van der Waals surface area contributed by atoms with Gasteiger partial charge in [0.05, 0.1) is 52.8 Å². The van der Waals surface area contributed by atoms with Crippen LogP contribution in [0.5, 0.6) is 0 Å². The molecular formula is C27H36N8O. The van der Waals surface area contributed by atoms with Crippen LogP contribution < -0.4 is 10.5 Å². The number of nitriles is 1. The van der Waals surface area contributed by atoms with Crippen molar-refractivity contribution in [1.29, 1.82) is 5.26 Å². The maximum absolute atomic E-state index is 12.9. The largest absolute Gasteiger partial charge is 0.364 e. The lowest BCUT2D eigenvalue weighted by molar-refractivity contribution is 0.0988. The zero-order valence-electron chi connectivity index (χ0n) is 21.8. The Bertz CT molecular complexity index is 1350. The molecule has 1 fully saturated rings. The van der Waals surface area contributed by atoms with Crippen LogP contribution in [-0.4, -0.2) is 54.4 Å². The Morgan fingerprint density at radius 3 is 2.61 bits per heavy atom. The molecule has 1 aliphatic heterocycles. The third kappa shape index (κ3) is 4.28. The van der Waals surface area contributed by atoms with Gasteiger partial charge in [0.1, 0.15) is 12.1 Å². The SMILES string of the molecule is CC[C@H]1CN([C@@H](C)c2cnc3c(n2)CCCC3)[C@H](CC)CN1c1cc(=O)n(C)c2cn(CC#N)nc12. The van der Waals surface area contributed by atoms with Crippen molar-refractivity contribution in [2.75, 3.05) is 18.0 Å². The van der Waals surface area contributed by atoms with Crippen molar-refractivity contribution in [3.8, 4) is 6.07 Å². The zero-order chi connectivity index (χ0) is 25.4. The van der Waals surface area contributed by atoms with E-state index in [0.29, 0.717) is 6.04 Å². The molecule has 0 aromatic carbocycles. The molecule has 2 aliphatic rings. The van der Waals surface area contributed by atoms with Crippen molar-refractivity contribution in [2.45, 2.75) is 84.0 Å². The van der Waals surface area contributed by atoms with E-state index in [1.807, 2.05) is 6.20 Å². The maximum Gasteiger partial charge on any atom is 0.252 e. The number of rotatable bonds is 6. The molecule has 0 N–H and O–H groups in total. The highest BCUT2D eigenvalue weighted by molar-refractivity contribution is 5.88. The molecule has 190 valence electrons. The Kier molecular flexibility index (Phi) is 6.80. The predicted molar refractivity (Wildman–Crippen MR) is 140 cm³/mol. The molecule has 5 rings (SSSR count). The number of nitrogens with zero attached hydrogens (tertiary/aromatic N) is 8. The molecule has 9 nitrogen and oxygen atoms in total. The molecule has 0 bridgehead atoms. The Labute approximate surface area is 212 Å². The van der Waals surface area contributed by atoms with Gasteiger partial charge in [-0.1, -0.05) is 13.8 Å². The van der Waals surface area contributed by atoms with Crippen molar-refractivity contribution >= 4 is 16.7 Å². The highest BCUT2D eigenvalue weighted by atomic mass is 16.1. The predicted octanol–water partition coefficient (Wildman–Crippen LogP) is 3.37. The lowest BCUT2D eigenvalue weighted by atomic mass is 9.97. The summed E-state index contributed by atoms with van der Waals surface area (Å²) in [4.78, 5) is 27.7. The minimum absolute atomic E-state index is 0.0583. The highest BCUT2D eigenvalue weighted by Crippen LogP contribution is 2.34. The molecule has 0 unspecified atom stereocenters. The Hall–Kier alpha value is -3.25. The summed E-state index contributed by atoms with van der Waals surface area (Å²) in [5, 5.41) is 13.9. The summed E-state index contributed by atoms with van der Waals surface area (Å²) in [6.07, 6.45) is 10.2. The van der Waals surface area contributed by atoms with Gasteiger partial charge in [-0.25, -0.2) is 0 Å². The number of hydrogen-bond donors (Lipinski definition) is 0. The fourth-order valence-electron chi connectivity index (χ4n) is 5.90. The van der Waals surface area contributed by atoms with Gasteiger partial charge in [0, 0.05) is 38.3 Å². The monoisotopic (exact) mass is 488 g/mol. The summed E-state index contributed by atoms with van der Waals surface area (Å²) in [7, 11) is 1.76. The van der Waals surface area contributed by atoms with Crippen LogP contribution in [0.4, 0.5) is 5.69 Å². The second-order valence-corrected chi connectivity index (χ2v) is 10.2. The smallest absolute Gasteiger partial charge is 0.252 e. The molecule has 3 atom stereocenters. The van der Waals surface area contributed by atoms with Crippen molar-refractivity contribution in [1.82, 2.24) is 29.2 Å². The zero-order valence-corrected chi connectivity index (χ0v) is 21.8. The summed E-state index contributed by atoms with van der Waals surface area (Å²) in [5.74, 6) is 0. The van der Waals surface area contributed by atoms with Gasteiger partial charge in [-0.05, 0) is 45.4 Å². The minimum Gasteiger partial charge on any atom is -0.364 e. The summed E-state index contributed by atoms with van der Waals surface area (Å²) in [5.41, 5.74) is 5.76. The molecule has 3 aromatic heterocycles. The van der Waals surface area contributed by atoms with E-state index in [4.69, 9.17) is 20.3 Å². The topological polar surface area (TPSA) is 95.9 Å². The lowest BCUT2D eigenvalue weighted by Crippen LogP contribution is -2.59. The molecule has 4 heterocycles. The van der Waals surface area contributed by atoms with E-state index in [-0.39, 0.29) is 24.2 Å². The van der Waals surface area contributed by atoms with E-state index in [0.717, 1.165) is 61.2 Å². The van der Waals surface area contributed by atoms with Gasteiger partial charge in [-0.3, -0.25) is 24.3 Å². The maximum atomic E-state index is 12.9. The molecule has 0 radical (unpaired) electrons. The van der Waals surface area contributed by atoms with Crippen LogP contribution in [0.25, 0.3) is 11.0 Å². The van der Waals surface area contributed by atoms with Crippen LogP contribution in [0.3, 0.4) is 0 Å². The average Bonchev–Trinajstić information content (AvgIpc) is 3.33. The Morgan fingerprint density at radius 1 is 1.14 bits per heavy atom. The van der Waals surface area contributed by atoms with Crippen LogP contribution in [0.2, 0.25) is 0 Å². The Morgan fingerprint density at radius 2 is 1.89 bits per heavy atom. The van der Waals surface area contributed by atoms with Gasteiger partial charge in [-0.15, -0.1) is 0 Å². The first-order chi connectivity index (χ1) is 17.4. The Balaban J connectivity index is 1.48.